The number of nitriles is 1. The Morgan fingerprint density at radius 1 is 1.47 bits per heavy atom. The second kappa shape index (κ2) is 4.03. The van der Waals surface area contributed by atoms with Crippen molar-refractivity contribution in [2.24, 2.45) is 7.05 Å². The van der Waals surface area contributed by atoms with E-state index in [-0.39, 0.29) is 6.04 Å². The van der Waals surface area contributed by atoms with Crippen LogP contribution in [0.5, 0.6) is 0 Å². The first kappa shape index (κ1) is 10.2. The molecule has 4 nitrogen and oxygen atoms in total. The minimum Gasteiger partial charge on any atom is -0.284 e. The highest BCUT2D eigenvalue weighted by molar-refractivity contribution is 5.26. The minimum atomic E-state index is -0.110. The van der Waals surface area contributed by atoms with Gasteiger partial charge in [-0.25, -0.2) is 0 Å². The van der Waals surface area contributed by atoms with Crippen LogP contribution in [0, 0.1) is 18.3 Å². The zero-order valence-corrected chi connectivity index (χ0v) is 9.27. The first-order valence-electron chi connectivity index (χ1n) is 5.36. The number of nitrogens with zero attached hydrogens (tertiary/aromatic N) is 4. The van der Waals surface area contributed by atoms with Crippen molar-refractivity contribution in [2.45, 2.75) is 25.8 Å². The summed E-state index contributed by atoms with van der Waals surface area (Å²) in [6.45, 7) is 4.09. The number of aryl methyl sites for hydroxylation is 1. The molecule has 0 aliphatic carbocycles. The van der Waals surface area contributed by atoms with Crippen LogP contribution < -0.4 is 0 Å². The van der Waals surface area contributed by atoms with E-state index in [9.17, 15) is 5.26 Å². The molecule has 0 bridgehead atoms. The molecule has 1 saturated heterocycles. The fourth-order valence-corrected chi connectivity index (χ4v) is 2.13. The van der Waals surface area contributed by atoms with Gasteiger partial charge in [0, 0.05) is 18.3 Å². The quantitative estimate of drug-likeness (QED) is 0.731. The van der Waals surface area contributed by atoms with Gasteiger partial charge < -0.3 is 0 Å². The maximum absolute atomic E-state index is 9.24. The van der Waals surface area contributed by atoms with Gasteiger partial charge in [0.1, 0.15) is 6.04 Å². The highest BCUT2D eigenvalue weighted by Crippen LogP contribution is 2.26. The van der Waals surface area contributed by atoms with Crippen molar-refractivity contribution in [1.82, 2.24) is 14.7 Å². The second-order valence-electron chi connectivity index (χ2n) is 4.08. The molecule has 1 unspecified atom stereocenters. The van der Waals surface area contributed by atoms with Crippen molar-refractivity contribution in [1.29, 1.82) is 5.26 Å². The van der Waals surface area contributed by atoms with Crippen LogP contribution in [0.2, 0.25) is 0 Å². The van der Waals surface area contributed by atoms with E-state index in [1.807, 2.05) is 24.9 Å². The zero-order valence-electron chi connectivity index (χ0n) is 9.27. The number of hydrogen-bond donors (Lipinski definition) is 0. The number of aromatic nitrogens is 2. The molecule has 0 amide bonds. The topological polar surface area (TPSA) is 44.9 Å². The summed E-state index contributed by atoms with van der Waals surface area (Å²) in [4.78, 5) is 2.24. The van der Waals surface area contributed by atoms with E-state index in [1.54, 1.807) is 0 Å². The van der Waals surface area contributed by atoms with Crippen molar-refractivity contribution >= 4 is 0 Å². The summed E-state index contributed by atoms with van der Waals surface area (Å²) in [5, 5.41) is 13.4. The Bertz CT molecular complexity index is 382. The predicted molar refractivity (Wildman–Crippen MR) is 57.1 cm³/mol. The van der Waals surface area contributed by atoms with Gasteiger partial charge in [0.25, 0.3) is 0 Å². The van der Waals surface area contributed by atoms with Gasteiger partial charge in [-0.15, -0.1) is 0 Å². The normalized spacial score (nSPS) is 19.0. The molecule has 1 atom stereocenters. The van der Waals surface area contributed by atoms with E-state index in [0.717, 1.165) is 24.3 Å². The van der Waals surface area contributed by atoms with E-state index < -0.39 is 0 Å². The molecule has 2 rings (SSSR count). The van der Waals surface area contributed by atoms with E-state index >= 15 is 0 Å². The van der Waals surface area contributed by atoms with Crippen molar-refractivity contribution in [3.8, 4) is 6.07 Å². The molecular formula is C11H16N4. The molecule has 2 heterocycles. The van der Waals surface area contributed by atoms with Crippen molar-refractivity contribution < 1.29 is 0 Å². The first-order chi connectivity index (χ1) is 7.24. The van der Waals surface area contributed by atoms with Gasteiger partial charge in [-0.1, -0.05) is 0 Å². The summed E-state index contributed by atoms with van der Waals surface area (Å²) < 4.78 is 1.83. The lowest BCUT2D eigenvalue weighted by atomic mass is 10.1. The van der Waals surface area contributed by atoms with Gasteiger partial charge in [-0.3, -0.25) is 9.58 Å². The van der Waals surface area contributed by atoms with Gasteiger partial charge in [0.2, 0.25) is 0 Å². The Hall–Kier alpha value is -1.34. The lowest BCUT2D eigenvalue weighted by Gasteiger charge is -2.20. The lowest BCUT2D eigenvalue weighted by molar-refractivity contribution is 0.293. The van der Waals surface area contributed by atoms with Gasteiger partial charge in [-0.2, -0.15) is 10.4 Å². The number of likely N-dealkylation sites (tertiary alicyclic amines) is 1. The van der Waals surface area contributed by atoms with Gasteiger partial charge >= 0.3 is 0 Å². The SMILES string of the molecule is Cc1c(C(C#N)N2CCCC2)cnn1C. The Balaban J connectivity index is 2.27. The van der Waals surface area contributed by atoms with Crippen molar-refractivity contribution in [3.63, 3.8) is 0 Å². The average Bonchev–Trinajstić information content (AvgIpc) is 2.84. The zero-order chi connectivity index (χ0) is 10.8. The standard InChI is InChI=1S/C11H16N4/c1-9-10(8-13-14(9)2)11(7-12)15-5-3-4-6-15/h8,11H,3-6H2,1-2H3. The summed E-state index contributed by atoms with van der Waals surface area (Å²) in [6, 6.07) is 2.28. The molecule has 0 spiro atoms. The molecule has 1 aliphatic heterocycles. The van der Waals surface area contributed by atoms with Crippen LogP contribution in [0.3, 0.4) is 0 Å². The molecule has 4 heteroatoms. The van der Waals surface area contributed by atoms with Crippen molar-refractivity contribution in [3.05, 3.63) is 17.5 Å². The summed E-state index contributed by atoms with van der Waals surface area (Å²) in [5.74, 6) is 0. The summed E-state index contributed by atoms with van der Waals surface area (Å²) >= 11 is 0. The van der Waals surface area contributed by atoms with Crippen LogP contribution in [0.4, 0.5) is 0 Å². The fourth-order valence-electron chi connectivity index (χ4n) is 2.13. The molecule has 0 radical (unpaired) electrons. The Kier molecular flexibility index (Phi) is 2.74. The van der Waals surface area contributed by atoms with Crippen LogP contribution in [0.25, 0.3) is 0 Å². The van der Waals surface area contributed by atoms with E-state index in [2.05, 4.69) is 16.1 Å². The van der Waals surface area contributed by atoms with Crippen LogP contribution >= 0.6 is 0 Å². The fraction of sp³-hybridized carbons (Fsp3) is 0.636. The minimum absolute atomic E-state index is 0.110. The molecule has 1 aliphatic rings. The van der Waals surface area contributed by atoms with Crippen molar-refractivity contribution in [2.75, 3.05) is 13.1 Å². The highest BCUT2D eigenvalue weighted by Gasteiger charge is 2.25. The third-order valence-corrected chi connectivity index (χ3v) is 3.20. The van der Waals surface area contributed by atoms with Crippen LogP contribution in [-0.2, 0) is 7.05 Å². The Morgan fingerprint density at radius 3 is 2.60 bits per heavy atom. The monoisotopic (exact) mass is 204 g/mol. The number of hydrogen-bond acceptors (Lipinski definition) is 3. The molecule has 15 heavy (non-hydrogen) atoms. The molecule has 1 fully saturated rings. The summed E-state index contributed by atoms with van der Waals surface area (Å²) in [6.07, 6.45) is 4.23. The molecular weight excluding hydrogens is 188 g/mol. The molecule has 0 aromatic carbocycles. The largest absolute Gasteiger partial charge is 0.284 e. The third kappa shape index (κ3) is 1.75. The summed E-state index contributed by atoms with van der Waals surface area (Å²) in [5.41, 5.74) is 2.15. The van der Waals surface area contributed by atoms with Crippen LogP contribution in [0.15, 0.2) is 6.20 Å². The average molecular weight is 204 g/mol. The molecule has 1 aromatic rings. The van der Waals surface area contributed by atoms with Crippen LogP contribution in [-0.4, -0.2) is 27.8 Å². The van der Waals surface area contributed by atoms with Gasteiger partial charge in [0.15, 0.2) is 0 Å². The Morgan fingerprint density at radius 2 is 2.13 bits per heavy atom. The van der Waals surface area contributed by atoms with Gasteiger partial charge in [-0.05, 0) is 32.9 Å². The second-order valence-corrected chi connectivity index (χ2v) is 4.08. The third-order valence-electron chi connectivity index (χ3n) is 3.20. The summed E-state index contributed by atoms with van der Waals surface area (Å²) in [7, 11) is 1.91. The first-order valence-corrected chi connectivity index (χ1v) is 5.36. The van der Waals surface area contributed by atoms with E-state index in [1.165, 1.54) is 12.8 Å². The maximum atomic E-state index is 9.24. The lowest BCUT2D eigenvalue weighted by Crippen LogP contribution is -2.24. The highest BCUT2D eigenvalue weighted by atomic mass is 15.3. The molecule has 0 saturated carbocycles. The Labute approximate surface area is 90.1 Å². The molecule has 0 N–H and O–H groups in total. The smallest absolute Gasteiger partial charge is 0.127 e. The van der Waals surface area contributed by atoms with Gasteiger partial charge in [0.05, 0.1) is 12.3 Å². The molecule has 1 aromatic heterocycles. The predicted octanol–water partition coefficient (Wildman–Crippen LogP) is 1.39. The molecule has 80 valence electrons. The van der Waals surface area contributed by atoms with E-state index in [4.69, 9.17) is 0 Å². The number of rotatable bonds is 2. The van der Waals surface area contributed by atoms with E-state index in [0.29, 0.717) is 0 Å². The van der Waals surface area contributed by atoms with Crippen LogP contribution in [0.1, 0.15) is 30.1 Å². The maximum Gasteiger partial charge on any atom is 0.127 e.